The lowest BCUT2D eigenvalue weighted by atomic mass is 9.83. The van der Waals surface area contributed by atoms with Crippen molar-refractivity contribution in [1.82, 2.24) is 4.67 Å². The Labute approximate surface area is 142 Å². The molecule has 1 aliphatic rings. The average molecular weight is 325 g/mol. The van der Waals surface area contributed by atoms with Crippen molar-refractivity contribution in [3.05, 3.63) is 60.7 Å². The van der Waals surface area contributed by atoms with Gasteiger partial charge in [0, 0.05) is 14.1 Å². The van der Waals surface area contributed by atoms with Crippen LogP contribution < -0.4 is 10.6 Å². The van der Waals surface area contributed by atoms with Gasteiger partial charge in [0.2, 0.25) is 0 Å². The fraction of sp³-hybridized carbons (Fsp3) is 0.429. The van der Waals surface area contributed by atoms with E-state index in [1.165, 1.54) is 42.7 Å². The molecular weight excluding hydrogens is 297 g/mol. The van der Waals surface area contributed by atoms with Crippen molar-refractivity contribution in [1.29, 1.82) is 0 Å². The molecule has 0 radical (unpaired) electrons. The second-order valence-electron chi connectivity index (χ2n) is 6.58. The lowest BCUT2D eigenvalue weighted by molar-refractivity contribution is 0.202. The first-order chi connectivity index (χ1) is 11.3. The van der Waals surface area contributed by atoms with Crippen LogP contribution in [0.5, 0.6) is 0 Å². The van der Waals surface area contributed by atoms with Crippen LogP contribution in [0.25, 0.3) is 0 Å². The smallest absolute Gasteiger partial charge is 0.0281 e. The number of benzene rings is 2. The second-order valence-corrected chi connectivity index (χ2v) is 8.86. The maximum Gasteiger partial charge on any atom is 0.0281 e. The molecule has 23 heavy (non-hydrogen) atoms. The first-order valence-corrected chi connectivity index (χ1v) is 10.2. The van der Waals surface area contributed by atoms with Crippen molar-refractivity contribution in [3.8, 4) is 0 Å². The van der Waals surface area contributed by atoms with Gasteiger partial charge in [-0.15, -0.1) is 0 Å². The summed E-state index contributed by atoms with van der Waals surface area (Å²) < 4.78 is 2.72. The third-order valence-corrected chi connectivity index (χ3v) is 7.69. The van der Waals surface area contributed by atoms with Gasteiger partial charge >= 0.3 is 0 Å². The van der Waals surface area contributed by atoms with Gasteiger partial charge in [-0.05, 0) is 36.4 Å². The van der Waals surface area contributed by atoms with E-state index >= 15 is 0 Å². The van der Waals surface area contributed by atoms with Crippen molar-refractivity contribution in [2.24, 2.45) is 5.92 Å². The molecule has 1 saturated carbocycles. The van der Waals surface area contributed by atoms with E-state index in [9.17, 15) is 0 Å². The van der Waals surface area contributed by atoms with Gasteiger partial charge < -0.3 is 0 Å². The van der Waals surface area contributed by atoms with Gasteiger partial charge in [-0.2, -0.15) is 0 Å². The van der Waals surface area contributed by atoms with Crippen LogP contribution in [0.3, 0.4) is 0 Å². The van der Waals surface area contributed by atoms with Gasteiger partial charge in [-0.1, -0.05) is 86.8 Å². The SMILES string of the molecule is CC[C@H]1CCCC[C@@H]1N(C)P(c1ccccc1)c1ccccc1. The Bertz CT molecular complexity index is 544. The fourth-order valence-electron chi connectivity index (χ4n) is 3.96. The van der Waals surface area contributed by atoms with Crippen LogP contribution in [0.1, 0.15) is 39.0 Å². The quantitative estimate of drug-likeness (QED) is 0.704. The van der Waals surface area contributed by atoms with Gasteiger partial charge in [0.25, 0.3) is 0 Å². The summed E-state index contributed by atoms with van der Waals surface area (Å²) in [4.78, 5) is 0. The summed E-state index contributed by atoms with van der Waals surface area (Å²) in [5, 5.41) is 2.94. The van der Waals surface area contributed by atoms with E-state index in [4.69, 9.17) is 0 Å². The molecule has 0 saturated heterocycles. The molecule has 0 unspecified atom stereocenters. The molecule has 2 heteroatoms. The van der Waals surface area contributed by atoms with Crippen molar-refractivity contribution < 1.29 is 0 Å². The Kier molecular flexibility index (Phi) is 5.86. The summed E-state index contributed by atoms with van der Waals surface area (Å²) in [5.74, 6) is 0.853. The van der Waals surface area contributed by atoms with Gasteiger partial charge in [-0.25, -0.2) is 0 Å². The largest absolute Gasteiger partial charge is 0.275 e. The summed E-state index contributed by atoms with van der Waals surface area (Å²) >= 11 is 0. The Hall–Kier alpha value is -1.17. The van der Waals surface area contributed by atoms with Crippen LogP contribution in [0.2, 0.25) is 0 Å². The molecule has 1 nitrogen and oxygen atoms in total. The van der Waals surface area contributed by atoms with E-state index in [1.54, 1.807) is 0 Å². The summed E-state index contributed by atoms with van der Waals surface area (Å²) in [5.41, 5.74) is 0. The van der Waals surface area contributed by atoms with Gasteiger partial charge in [0.15, 0.2) is 0 Å². The molecular formula is C21H28NP. The topological polar surface area (TPSA) is 3.24 Å². The minimum atomic E-state index is -0.434. The minimum absolute atomic E-state index is 0.434. The lowest BCUT2D eigenvalue weighted by Crippen LogP contribution is -2.40. The molecule has 0 heterocycles. The highest BCUT2D eigenvalue weighted by Crippen LogP contribution is 2.43. The monoisotopic (exact) mass is 325 g/mol. The van der Waals surface area contributed by atoms with Crippen LogP contribution in [0.15, 0.2) is 60.7 Å². The molecule has 0 amide bonds. The Balaban J connectivity index is 1.94. The molecule has 3 rings (SSSR count). The molecule has 2 atom stereocenters. The molecule has 1 fully saturated rings. The molecule has 1 aliphatic carbocycles. The van der Waals surface area contributed by atoms with Gasteiger partial charge in [-0.3, -0.25) is 4.67 Å². The molecule has 0 aromatic heterocycles. The van der Waals surface area contributed by atoms with Gasteiger partial charge in [0.05, 0.1) is 0 Å². The maximum atomic E-state index is 2.72. The third kappa shape index (κ3) is 3.84. The molecule has 0 aliphatic heterocycles. The van der Waals surface area contributed by atoms with Crippen LogP contribution in [-0.4, -0.2) is 17.8 Å². The molecule has 2 aromatic rings. The molecule has 0 bridgehead atoms. The molecule has 122 valence electrons. The zero-order valence-electron chi connectivity index (χ0n) is 14.4. The third-order valence-electron chi connectivity index (χ3n) is 5.19. The normalized spacial score (nSPS) is 21.7. The van der Waals surface area contributed by atoms with Crippen molar-refractivity contribution in [2.45, 2.75) is 45.1 Å². The second kappa shape index (κ2) is 8.08. The Morgan fingerprint density at radius 1 is 0.870 bits per heavy atom. The summed E-state index contributed by atoms with van der Waals surface area (Å²) in [6.07, 6.45) is 6.86. The first kappa shape index (κ1) is 16.7. The van der Waals surface area contributed by atoms with E-state index in [0.29, 0.717) is 0 Å². The summed E-state index contributed by atoms with van der Waals surface area (Å²) in [6.45, 7) is 2.37. The van der Waals surface area contributed by atoms with Crippen molar-refractivity contribution in [2.75, 3.05) is 7.05 Å². The average Bonchev–Trinajstić information content (AvgIpc) is 2.63. The van der Waals surface area contributed by atoms with Gasteiger partial charge in [0.1, 0.15) is 0 Å². The Morgan fingerprint density at radius 3 is 1.91 bits per heavy atom. The Morgan fingerprint density at radius 2 is 1.39 bits per heavy atom. The highest BCUT2D eigenvalue weighted by Gasteiger charge is 2.32. The number of hydrogen-bond acceptors (Lipinski definition) is 1. The minimum Gasteiger partial charge on any atom is -0.275 e. The number of nitrogens with zero attached hydrogens (tertiary/aromatic N) is 1. The maximum absolute atomic E-state index is 2.72. The lowest BCUT2D eigenvalue weighted by Gasteiger charge is -2.42. The molecule has 0 N–H and O–H groups in total. The van der Waals surface area contributed by atoms with E-state index in [0.717, 1.165) is 12.0 Å². The first-order valence-electron chi connectivity index (χ1n) is 8.94. The molecule has 0 spiro atoms. The number of rotatable bonds is 5. The summed E-state index contributed by atoms with van der Waals surface area (Å²) in [7, 11) is 1.93. The van der Waals surface area contributed by atoms with E-state index in [1.807, 2.05) is 0 Å². The van der Waals surface area contributed by atoms with Crippen molar-refractivity contribution >= 4 is 18.7 Å². The van der Waals surface area contributed by atoms with Crippen LogP contribution in [-0.2, 0) is 0 Å². The zero-order valence-corrected chi connectivity index (χ0v) is 15.3. The standard InChI is InChI=1S/C21H28NP/c1-3-18-12-10-11-17-21(18)22(2)23(19-13-6-4-7-14-19)20-15-8-5-9-16-20/h4-9,13-16,18,21H,3,10-12,17H2,1-2H3/t18-,21-/m0/s1. The fourth-order valence-corrected chi connectivity index (χ4v) is 6.49. The zero-order chi connectivity index (χ0) is 16.1. The van der Waals surface area contributed by atoms with E-state index < -0.39 is 8.07 Å². The summed E-state index contributed by atoms with van der Waals surface area (Å²) in [6, 6.07) is 22.9. The predicted molar refractivity (Wildman–Crippen MR) is 103 cm³/mol. The van der Waals surface area contributed by atoms with Crippen LogP contribution in [0.4, 0.5) is 0 Å². The molecule has 2 aromatic carbocycles. The van der Waals surface area contributed by atoms with Crippen LogP contribution >= 0.6 is 8.07 Å². The number of hydrogen-bond donors (Lipinski definition) is 0. The van der Waals surface area contributed by atoms with Crippen LogP contribution in [0, 0.1) is 5.92 Å². The predicted octanol–water partition coefficient (Wildman–Crippen LogP) is 4.93. The highest BCUT2D eigenvalue weighted by atomic mass is 31.1. The van der Waals surface area contributed by atoms with E-state index in [2.05, 4.69) is 79.3 Å². The van der Waals surface area contributed by atoms with E-state index in [-0.39, 0.29) is 0 Å². The van der Waals surface area contributed by atoms with Crippen molar-refractivity contribution in [3.63, 3.8) is 0 Å². The highest BCUT2D eigenvalue weighted by molar-refractivity contribution is 7.70.